The number of rotatable bonds is 7. The number of allylic oxidation sites excluding steroid dienone is 1. The molecule has 0 saturated carbocycles. The van der Waals surface area contributed by atoms with Crippen molar-refractivity contribution in [2.75, 3.05) is 27.7 Å². The van der Waals surface area contributed by atoms with E-state index in [4.69, 9.17) is 14.2 Å². The molecular weight excluding hydrogens is 214 g/mol. The molecule has 0 aromatic rings. The third-order valence-corrected chi connectivity index (χ3v) is 2.22. The molecule has 1 rings (SSSR count). The fraction of sp³-hybridized carbons (Fsp3) is 0.600. The Hall–Kier alpha value is -1.24. The molecule has 0 N–H and O–H groups in total. The number of carbonyl (C=O) groups is 2. The minimum Gasteiger partial charge on any atom is -0.364 e. The number of hydrogen-bond donors (Lipinski definition) is 0. The molecule has 2 atom stereocenters. The molecule has 90 valence electrons. The zero-order chi connectivity index (χ0) is 12.0. The van der Waals surface area contributed by atoms with Crippen molar-refractivity contribution in [1.82, 2.24) is 4.90 Å². The average molecular weight is 229 g/mol. The summed E-state index contributed by atoms with van der Waals surface area (Å²) in [6.45, 7) is 0.224. The van der Waals surface area contributed by atoms with E-state index in [9.17, 15) is 9.59 Å². The molecule has 1 saturated heterocycles. The highest BCUT2D eigenvalue weighted by Gasteiger charge is 2.46. The first-order valence-electron chi connectivity index (χ1n) is 4.78. The molecular formula is C10H15NO5. The lowest BCUT2D eigenvalue weighted by atomic mass is 9.98. The van der Waals surface area contributed by atoms with Gasteiger partial charge in [-0.2, -0.15) is 0 Å². The molecule has 1 heterocycles. The van der Waals surface area contributed by atoms with Gasteiger partial charge in [0.15, 0.2) is 6.10 Å². The van der Waals surface area contributed by atoms with Crippen LogP contribution in [0.2, 0.25) is 0 Å². The molecule has 1 fully saturated rings. The molecule has 16 heavy (non-hydrogen) atoms. The quantitative estimate of drug-likeness (QED) is 0.256. The Morgan fingerprint density at radius 2 is 2.12 bits per heavy atom. The molecule has 0 bridgehead atoms. The second kappa shape index (κ2) is 6.37. The van der Waals surface area contributed by atoms with E-state index in [1.807, 2.05) is 0 Å². The van der Waals surface area contributed by atoms with Crippen LogP contribution in [0, 0.1) is 0 Å². The number of aldehydes is 1. The molecule has 0 spiro atoms. The Kier molecular flexibility index (Phi) is 5.10. The fourth-order valence-electron chi connectivity index (χ4n) is 1.50. The summed E-state index contributed by atoms with van der Waals surface area (Å²) in [5.41, 5.74) is 0. The Labute approximate surface area is 93.8 Å². The summed E-state index contributed by atoms with van der Waals surface area (Å²) in [4.78, 5) is 23.3. The normalized spacial score (nSPS) is 24.9. The van der Waals surface area contributed by atoms with Crippen molar-refractivity contribution >= 4 is 12.2 Å². The van der Waals surface area contributed by atoms with Gasteiger partial charge in [-0.1, -0.05) is 6.08 Å². The summed E-state index contributed by atoms with van der Waals surface area (Å²) in [5, 5.41) is 0. The Balaban J connectivity index is 2.58. The predicted molar refractivity (Wildman–Crippen MR) is 54.5 cm³/mol. The van der Waals surface area contributed by atoms with Crippen LogP contribution in [0.1, 0.15) is 0 Å². The van der Waals surface area contributed by atoms with Crippen LogP contribution >= 0.6 is 0 Å². The molecule has 1 unspecified atom stereocenters. The SMILES string of the molecule is COCO[C@H]1C(=O)N(COC)C1C=CC=O. The predicted octanol–water partition coefficient (Wildman–Crippen LogP) is -0.455. The van der Waals surface area contributed by atoms with Gasteiger partial charge in [-0.05, 0) is 6.08 Å². The topological polar surface area (TPSA) is 65.1 Å². The van der Waals surface area contributed by atoms with Crippen molar-refractivity contribution in [3.63, 3.8) is 0 Å². The molecule has 0 radical (unpaired) electrons. The highest BCUT2D eigenvalue weighted by atomic mass is 16.7. The number of nitrogens with zero attached hydrogens (tertiary/aromatic N) is 1. The number of likely N-dealkylation sites (tertiary alicyclic amines) is 1. The Morgan fingerprint density at radius 1 is 1.38 bits per heavy atom. The maximum atomic E-state index is 11.6. The highest BCUT2D eigenvalue weighted by Crippen LogP contribution is 2.23. The summed E-state index contributed by atoms with van der Waals surface area (Å²) in [6.07, 6.45) is 3.00. The molecule has 1 amide bonds. The number of amides is 1. The largest absolute Gasteiger partial charge is 0.364 e. The molecule has 0 aromatic carbocycles. The summed E-state index contributed by atoms with van der Waals surface area (Å²) < 4.78 is 14.8. The van der Waals surface area contributed by atoms with E-state index < -0.39 is 6.10 Å². The maximum absolute atomic E-state index is 11.6. The standard InChI is InChI=1S/C10H15NO5/c1-14-6-11-8(4-3-5-12)9(10(11)13)16-7-15-2/h3-5,8-9H,6-7H2,1-2H3/t8?,9-/m1/s1. The minimum atomic E-state index is -0.591. The summed E-state index contributed by atoms with van der Waals surface area (Å²) in [5.74, 6) is -0.167. The molecule has 0 aromatic heterocycles. The van der Waals surface area contributed by atoms with Gasteiger partial charge in [0.25, 0.3) is 5.91 Å². The van der Waals surface area contributed by atoms with E-state index in [2.05, 4.69) is 0 Å². The van der Waals surface area contributed by atoms with Crippen LogP contribution in [0.5, 0.6) is 0 Å². The summed E-state index contributed by atoms with van der Waals surface area (Å²) in [7, 11) is 2.98. The third kappa shape index (κ3) is 2.66. The zero-order valence-corrected chi connectivity index (χ0v) is 9.29. The minimum absolute atomic E-state index is 0.0443. The van der Waals surface area contributed by atoms with Gasteiger partial charge in [0.2, 0.25) is 0 Å². The van der Waals surface area contributed by atoms with Crippen LogP contribution in [-0.4, -0.2) is 57.0 Å². The maximum Gasteiger partial charge on any atom is 0.256 e. The molecule has 6 nitrogen and oxygen atoms in total. The molecule has 1 aliphatic rings. The van der Waals surface area contributed by atoms with E-state index in [-0.39, 0.29) is 25.5 Å². The van der Waals surface area contributed by atoms with Crippen molar-refractivity contribution in [1.29, 1.82) is 0 Å². The number of methoxy groups -OCH3 is 2. The molecule has 0 aliphatic carbocycles. The Bertz CT molecular complexity index is 278. The first-order valence-corrected chi connectivity index (χ1v) is 4.78. The van der Waals surface area contributed by atoms with Gasteiger partial charge in [-0.3, -0.25) is 9.59 Å². The van der Waals surface area contributed by atoms with Gasteiger partial charge in [-0.15, -0.1) is 0 Å². The van der Waals surface area contributed by atoms with Crippen molar-refractivity contribution in [3.05, 3.63) is 12.2 Å². The monoisotopic (exact) mass is 229 g/mol. The van der Waals surface area contributed by atoms with E-state index >= 15 is 0 Å². The lowest BCUT2D eigenvalue weighted by molar-refractivity contribution is -0.190. The number of hydrogen-bond acceptors (Lipinski definition) is 5. The van der Waals surface area contributed by atoms with E-state index in [0.29, 0.717) is 6.29 Å². The van der Waals surface area contributed by atoms with Crippen molar-refractivity contribution in [2.45, 2.75) is 12.1 Å². The smallest absolute Gasteiger partial charge is 0.256 e. The van der Waals surface area contributed by atoms with Gasteiger partial charge < -0.3 is 19.1 Å². The zero-order valence-electron chi connectivity index (χ0n) is 9.29. The number of β-lactam (4-membered cyclic amide) rings is 1. The van der Waals surface area contributed by atoms with Gasteiger partial charge in [-0.25, -0.2) is 0 Å². The third-order valence-electron chi connectivity index (χ3n) is 2.22. The van der Waals surface area contributed by atoms with Crippen LogP contribution in [0.15, 0.2) is 12.2 Å². The first-order chi connectivity index (χ1) is 7.76. The van der Waals surface area contributed by atoms with Crippen molar-refractivity contribution < 1.29 is 23.8 Å². The van der Waals surface area contributed by atoms with Crippen LogP contribution in [0.4, 0.5) is 0 Å². The number of ether oxygens (including phenoxy) is 3. The second-order valence-corrected chi connectivity index (χ2v) is 3.23. The summed E-state index contributed by atoms with van der Waals surface area (Å²) in [6, 6.07) is -0.271. The van der Waals surface area contributed by atoms with Gasteiger partial charge >= 0.3 is 0 Å². The van der Waals surface area contributed by atoms with Crippen LogP contribution in [0.25, 0.3) is 0 Å². The van der Waals surface area contributed by atoms with Gasteiger partial charge in [0, 0.05) is 14.2 Å². The Morgan fingerprint density at radius 3 is 2.69 bits per heavy atom. The van der Waals surface area contributed by atoms with Crippen LogP contribution < -0.4 is 0 Å². The van der Waals surface area contributed by atoms with Crippen LogP contribution in [0.3, 0.4) is 0 Å². The lowest BCUT2D eigenvalue weighted by Crippen LogP contribution is -2.65. The number of carbonyl (C=O) groups excluding carboxylic acids is 2. The van der Waals surface area contributed by atoms with Crippen molar-refractivity contribution in [3.8, 4) is 0 Å². The van der Waals surface area contributed by atoms with E-state index in [1.54, 1.807) is 6.08 Å². The fourth-order valence-corrected chi connectivity index (χ4v) is 1.50. The van der Waals surface area contributed by atoms with E-state index in [0.717, 1.165) is 0 Å². The van der Waals surface area contributed by atoms with Gasteiger partial charge in [0.1, 0.15) is 19.8 Å². The van der Waals surface area contributed by atoms with Crippen LogP contribution in [-0.2, 0) is 23.8 Å². The highest BCUT2D eigenvalue weighted by molar-refractivity contribution is 5.89. The van der Waals surface area contributed by atoms with E-state index in [1.165, 1.54) is 25.2 Å². The van der Waals surface area contributed by atoms with Crippen molar-refractivity contribution in [2.24, 2.45) is 0 Å². The molecule has 1 aliphatic heterocycles. The second-order valence-electron chi connectivity index (χ2n) is 3.23. The first kappa shape index (κ1) is 12.8. The lowest BCUT2D eigenvalue weighted by Gasteiger charge is -2.44. The van der Waals surface area contributed by atoms with Gasteiger partial charge in [0.05, 0.1) is 6.04 Å². The average Bonchev–Trinajstić information content (AvgIpc) is 2.30. The molecule has 6 heteroatoms. The summed E-state index contributed by atoms with van der Waals surface area (Å²) >= 11 is 0.